The maximum atomic E-state index is 13.6. The minimum atomic E-state index is -0.252. The Labute approximate surface area is 140 Å². The van der Waals surface area contributed by atoms with Crippen LogP contribution in [-0.2, 0) is 11.3 Å². The lowest BCUT2D eigenvalue weighted by atomic mass is 10.2. The van der Waals surface area contributed by atoms with Gasteiger partial charge in [0.05, 0.1) is 13.2 Å². The molecule has 23 heavy (non-hydrogen) atoms. The van der Waals surface area contributed by atoms with Gasteiger partial charge >= 0.3 is 0 Å². The van der Waals surface area contributed by atoms with Crippen molar-refractivity contribution in [2.75, 3.05) is 26.3 Å². The van der Waals surface area contributed by atoms with Gasteiger partial charge in [-0.15, -0.1) is 0 Å². The zero-order valence-electron chi connectivity index (χ0n) is 12.7. The molecule has 2 aromatic carbocycles. The molecule has 1 aliphatic rings. The van der Waals surface area contributed by atoms with Crippen LogP contribution in [0.3, 0.4) is 0 Å². The highest BCUT2D eigenvalue weighted by Crippen LogP contribution is 2.17. The van der Waals surface area contributed by atoms with E-state index in [4.69, 9.17) is 21.7 Å². The quantitative estimate of drug-likeness (QED) is 0.800. The normalized spacial score (nSPS) is 14.6. The lowest BCUT2D eigenvalue weighted by Gasteiger charge is -2.29. The van der Waals surface area contributed by atoms with Crippen LogP contribution >= 0.6 is 12.2 Å². The Bertz CT molecular complexity index is 669. The van der Waals surface area contributed by atoms with E-state index in [9.17, 15) is 4.39 Å². The van der Waals surface area contributed by atoms with Crippen LogP contribution in [0.2, 0.25) is 0 Å². The lowest BCUT2D eigenvalue weighted by Crippen LogP contribution is -2.40. The largest absolute Gasteiger partial charge is 0.489 e. The van der Waals surface area contributed by atoms with E-state index in [0.717, 1.165) is 23.6 Å². The molecule has 0 unspecified atom stereocenters. The van der Waals surface area contributed by atoms with E-state index in [1.54, 1.807) is 18.2 Å². The highest BCUT2D eigenvalue weighted by Gasteiger charge is 2.15. The number of nitrogens with zero attached hydrogens (tertiary/aromatic N) is 1. The molecule has 5 heteroatoms. The standard InChI is InChI=1S/C18H18FNO2S/c19-17-4-2-1-3-15(17)13-22-16-7-5-14(6-8-16)18(23)20-9-11-21-12-10-20/h1-8H,9-13H2. The molecule has 1 heterocycles. The fraction of sp³-hybridized carbons (Fsp3) is 0.278. The van der Waals surface area contributed by atoms with Crippen molar-refractivity contribution in [3.63, 3.8) is 0 Å². The highest BCUT2D eigenvalue weighted by molar-refractivity contribution is 7.80. The molecule has 1 aliphatic heterocycles. The van der Waals surface area contributed by atoms with E-state index in [1.165, 1.54) is 6.07 Å². The summed E-state index contributed by atoms with van der Waals surface area (Å²) in [6, 6.07) is 14.2. The number of morpholine rings is 1. The topological polar surface area (TPSA) is 21.7 Å². The second-order valence-corrected chi connectivity index (χ2v) is 5.70. The Morgan fingerprint density at radius 1 is 1.09 bits per heavy atom. The van der Waals surface area contributed by atoms with E-state index in [-0.39, 0.29) is 12.4 Å². The molecule has 0 bridgehead atoms. The molecule has 0 spiro atoms. The van der Waals surface area contributed by atoms with Crippen molar-refractivity contribution in [1.29, 1.82) is 0 Å². The molecule has 0 atom stereocenters. The second-order valence-electron chi connectivity index (χ2n) is 5.31. The van der Waals surface area contributed by atoms with Gasteiger partial charge in [0.1, 0.15) is 23.2 Å². The molecule has 120 valence electrons. The maximum absolute atomic E-state index is 13.6. The van der Waals surface area contributed by atoms with Crippen LogP contribution in [0.15, 0.2) is 48.5 Å². The molecular formula is C18H18FNO2S. The van der Waals surface area contributed by atoms with Gasteiger partial charge in [0.2, 0.25) is 0 Å². The van der Waals surface area contributed by atoms with E-state index in [1.807, 2.05) is 24.3 Å². The van der Waals surface area contributed by atoms with Gasteiger partial charge in [-0.3, -0.25) is 0 Å². The van der Waals surface area contributed by atoms with E-state index in [2.05, 4.69) is 4.90 Å². The van der Waals surface area contributed by atoms with Gasteiger partial charge < -0.3 is 14.4 Å². The van der Waals surface area contributed by atoms with Gasteiger partial charge in [-0.05, 0) is 30.3 Å². The fourth-order valence-electron chi connectivity index (χ4n) is 2.42. The number of hydrogen-bond acceptors (Lipinski definition) is 3. The van der Waals surface area contributed by atoms with Gasteiger partial charge in [-0.1, -0.05) is 30.4 Å². The molecule has 1 fully saturated rings. The van der Waals surface area contributed by atoms with E-state index in [0.29, 0.717) is 24.5 Å². The smallest absolute Gasteiger partial charge is 0.129 e. The third-order valence-corrected chi connectivity index (χ3v) is 4.25. The first-order valence-electron chi connectivity index (χ1n) is 7.57. The predicted molar refractivity (Wildman–Crippen MR) is 91.3 cm³/mol. The van der Waals surface area contributed by atoms with Crippen LogP contribution in [-0.4, -0.2) is 36.2 Å². The number of ether oxygens (including phenoxy) is 2. The number of benzene rings is 2. The summed E-state index contributed by atoms with van der Waals surface area (Å²) in [6.07, 6.45) is 0. The monoisotopic (exact) mass is 331 g/mol. The third kappa shape index (κ3) is 4.06. The summed E-state index contributed by atoms with van der Waals surface area (Å²) in [5.41, 5.74) is 1.53. The number of hydrogen-bond donors (Lipinski definition) is 0. The summed E-state index contributed by atoms with van der Waals surface area (Å²) >= 11 is 5.52. The minimum Gasteiger partial charge on any atom is -0.489 e. The fourth-order valence-corrected chi connectivity index (χ4v) is 2.74. The lowest BCUT2D eigenvalue weighted by molar-refractivity contribution is 0.0693. The van der Waals surface area contributed by atoms with Gasteiger partial charge in [0.25, 0.3) is 0 Å². The Kier molecular flexibility index (Phi) is 5.20. The molecule has 0 aliphatic carbocycles. The minimum absolute atomic E-state index is 0.208. The van der Waals surface area contributed by atoms with Gasteiger partial charge in [-0.25, -0.2) is 4.39 Å². The molecule has 0 aromatic heterocycles. The molecule has 0 saturated carbocycles. The van der Waals surface area contributed by atoms with Crippen LogP contribution in [0.25, 0.3) is 0 Å². The van der Waals surface area contributed by atoms with Crippen molar-refractivity contribution in [1.82, 2.24) is 4.90 Å². The summed E-state index contributed by atoms with van der Waals surface area (Å²) in [6.45, 7) is 3.28. The molecular weight excluding hydrogens is 313 g/mol. The molecule has 0 amide bonds. The number of thiocarbonyl (C=S) groups is 1. The van der Waals surface area contributed by atoms with Crippen LogP contribution in [0.5, 0.6) is 5.75 Å². The Balaban J connectivity index is 1.60. The van der Waals surface area contributed by atoms with Crippen LogP contribution in [0, 0.1) is 5.82 Å². The molecule has 2 aromatic rings. The Hall–Kier alpha value is -1.98. The first-order valence-corrected chi connectivity index (χ1v) is 7.98. The van der Waals surface area contributed by atoms with Crippen molar-refractivity contribution in [2.24, 2.45) is 0 Å². The van der Waals surface area contributed by atoms with Crippen molar-refractivity contribution >= 4 is 17.2 Å². The van der Waals surface area contributed by atoms with E-state index < -0.39 is 0 Å². The summed E-state index contributed by atoms with van der Waals surface area (Å²) in [5.74, 6) is 0.444. The Morgan fingerprint density at radius 3 is 2.48 bits per heavy atom. The maximum Gasteiger partial charge on any atom is 0.129 e. The van der Waals surface area contributed by atoms with Crippen molar-refractivity contribution in [3.8, 4) is 5.75 Å². The highest BCUT2D eigenvalue weighted by atomic mass is 32.1. The molecule has 3 rings (SSSR count). The van der Waals surface area contributed by atoms with Crippen molar-refractivity contribution < 1.29 is 13.9 Å². The van der Waals surface area contributed by atoms with Gasteiger partial charge in [0, 0.05) is 24.2 Å². The molecule has 0 N–H and O–H groups in total. The molecule has 1 saturated heterocycles. The number of rotatable bonds is 4. The van der Waals surface area contributed by atoms with Gasteiger partial charge in [0.15, 0.2) is 0 Å². The third-order valence-electron chi connectivity index (χ3n) is 3.75. The van der Waals surface area contributed by atoms with Gasteiger partial charge in [-0.2, -0.15) is 0 Å². The second kappa shape index (κ2) is 7.53. The van der Waals surface area contributed by atoms with Crippen LogP contribution in [0.1, 0.15) is 11.1 Å². The summed E-state index contributed by atoms with van der Waals surface area (Å²) < 4.78 is 24.5. The summed E-state index contributed by atoms with van der Waals surface area (Å²) in [7, 11) is 0. The van der Waals surface area contributed by atoms with Crippen molar-refractivity contribution in [3.05, 3.63) is 65.5 Å². The predicted octanol–water partition coefficient (Wildman–Crippen LogP) is 3.41. The Morgan fingerprint density at radius 2 is 1.78 bits per heavy atom. The van der Waals surface area contributed by atoms with Crippen LogP contribution < -0.4 is 4.74 Å². The zero-order valence-corrected chi connectivity index (χ0v) is 13.5. The SMILES string of the molecule is Fc1ccccc1COc1ccc(C(=S)N2CCOCC2)cc1. The average Bonchev–Trinajstić information content (AvgIpc) is 2.62. The molecule has 3 nitrogen and oxygen atoms in total. The van der Waals surface area contributed by atoms with Crippen LogP contribution in [0.4, 0.5) is 4.39 Å². The van der Waals surface area contributed by atoms with Crippen molar-refractivity contribution in [2.45, 2.75) is 6.61 Å². The first kappa shape index (κ1) is 15.9. The molecule has 0 radical (unpaired) electrons. The first-order chi connectivity index (χ1) is 11.2. The summed E-state index contributed by atoms with van der Waals surface area (Å²) in [5, 5.41) is 0. The number of halogens is 1. The zero-order chi connectivity index (χ0) is 16.1. The average molecular weight is 331 g/mol. The summed E-state index contributed by atoms with van der Waals surface area (Å²) in [4.78, 5) is 2.97. The van der Waals surface area contributed by atoms with E-state index >= 15 is 0 Å².